The summed E-state index contributed by atoms with van der Waals surface area (Å²) in [5.41, 5.74) is 3.60. The first-order valence-corrected chi connectivity index (χ1v) is 10.6. The van der Waals surface area contributed by atoms with Crippen molar-refractivity contribution in [2.75, 3.05) is 18.9 Å². The Kier molecular flexibility index (Phi) is 7.00. The average Bonchev–Trinajstić information content (AvgIpc) is 2.93. The Balaban J connectivity index is 1.76. The fraction of sp³-hybridized carbons (Fsp3) is 0.478. The van der Waals surface area contributed by atoms with E-state index in [1.807, 2.05) is 50.1 Å². The molecule has 154 valence electrons. The summed E-state index contributed by atoms with van der Waals surface area (Å²) in [4.78, 5) is 14.7. The van der Waals surface area contributed by atoms with Crippen LogP contribution in [-0.2, 0) is 11.3 Å². The van der Waals surface area contributed by atoms with Gasteiger partial charge < -0.3 is 9.88 Å². The van der Waals surface area contributed by atoms with Crippen molar-refractivity contribution in [2.45, 2.75) is 58.5 Å². The molecule has 1 aromatic heterocycles. The van der Waals surface area contributed by atoms with Crippen molar-refractivity contribution in [1.82, 2.24) is 9.47 Å². The number of nitrogens with one attached hydrogen (secondary N) is 1. The maximum atomic E-state index is 12.8. The second kappa shape index (κ2) is 9.47. The van der Waals surface area contributed by atoms with Gasteiger partial charge in [-0.3, -0.25) is 9.69 Å². The number of amides is 1. The monoisotopic (exact) mass is 412 g/mol. The summed E-state index contributed by atoms with van der Waals surface area (Å²) < 4.78 is 2.19. The van der Waals surface area contributed by atoms with E-state index >= 15 is 0 Å². The molecule has 1 aliphatic rings. The molecule has 1 fully saturated rings. The molecular weight excluding hydrogens is 384 g/mol. The number of carbonyl (C=O) groups is 1. The highest BCUT2D eigenvalue weighted by Gasteiger charge is 2.26. The lowest BCUT2D eigenvalue weighted by atomic mass is 9.95. The Hall–Kier alpha value is -2.29. The Morgan fingerprint density at radius 2 is 1.97 bits per heavy atom. The molecular formula is C23H29ClN4O. The smallest absolute Gasteiger partial charge is 0.239 e. The molecule has 1 amide bonds. The van der Waals surface area contributed by atoms with Crippen LogP contribution in [0.1, 0.15) is 60.5 Å². The number of nitriles is 1. The molecule has 0 saturated heterocycles. The van der Waals surface area contributed by atoms with E-state index < -0.39 is 0 Å². The van der Waals surface area contributed by atoms with Crippen LogP contribution < -0.4 is 5.32 Å². The lowest BCUT2D eigenvalue weighted by Crippen LogP contribution is -2.31. The highest BCUT2D eigenvalue weighted by atomic mass is 35.5. The summed E-state index contributed by atoms with van der Waals surface area (Å²) in [6.07, 6.45) is 5.83. The van der Waals surface area contributed by atoms with Crippen LogP contribution in [0.25, 0.3) is 0 Å². The van der Waals surface area contributed by atoms with Crippen molar-refractivity contribution in [1.29, 1.82) is 5.26 Å². The Morgan fingerprint density at radius 3 is 2.62 bits per heavy atom. The first-order chi connectivity index (χ1) is 13.9. The van der Waals surface area contributed by atoms with Crippen molar-refractivity contribution in [3.63, 3.8) is 0 Å². The van der Waals surface area contributed by atoms with Gasteiger partial charge >= 0.3 is 0 Å². The van der Waals surface area contributed by atoms with Gasteiger partial charge in [0.15, 0.2) is 0 Å². The molecule has 0 atom stereocenters. The summed E-state index contributed by atoms with van der Waals surface area (Å²) >= 11 is 6.23. The fourth-order valence-electron chi connectivity index (χ4n) is 4.27. The van der Waals surface area contributed by atoms with Gasteiger partial charge in [-0.25, -0.2) is 0 Å². The number of hydrogen-bond donors (Lipinski definition) is 1. The zero-order valence-corrected chi connectivity index (χ0v) is 18.2. The number of benzene rings is 1. The first-order valence-electron chi connectivity index (χ1n) is 10.3. The molecule has 6 heteroatoms. The molecule has 1 heterocycles. The molecule has 1 N–H and O–H groups in total. The van der Waals surface area contributed by atoms with Gasteiger partial charge in [-0.1, -0.05) is 49.1 Å². The van der Waals surface area contributed by atoms with Gasteiger partial charge in [0.1, 0.15) is 11.9 Å². The minimum absolute atomic E-state index is 0.120. The van der Waals surface area contributed by atoms with E-state index in [0.29, 0.717) is 29.0 Å². The number of likely N-dealkylation sites (N-methyl/N-ethyl adjacent to an activating group) is 1. The minimum atomic E-state index is -0.120. The predicted octanol–water partition coefficient (Wildman–Crippen LogP) is 5.21. The van der Waals surface area contributed by atoms with Gasteiger partial charge in [-0.2, -0.15) is 5.26 Å². The Labute approximate surface area is 178 Å². The van der Waals surface area contributed by atoms with Crippen LogP contribution in [0.5, 0.6) is 0 Å². The lowest BCUT2D eigenvalue weighted by Gasteiger charge is -2.27. The minimum Gasteiger partial charge on any atom is -0.327 e. The molecule has 5 nitrogen and oxygen atoms in total. The van der Waals surface area contributed by atoms with Crippen LogP contribution in [0.2, 0.25) is 5.02 Å². The normalized spacial score (nSPS) is 14.8. The van der Waals surface area contributed by atoms with Crippen LogP contribution in [0.3, 0.4) is 0 Å². The summed E-state index contributed by atoms with van der Waals surface area (Å²) in [7, 11) is 1.89. The van der Waals surface area contributed by atoms with E-state index in [4.69, 9.17) is 11.6 Å². The molecule has 1 saturated carbocycles. The number of aromatic nitrogens is 1. The van der Waals surface area contributed by atoms with Crippen LogP contribution in [0, 0.1) is 25.2 Å². The van der Waals surface area contributed by atoms with Crippen LogP contribution in [-0.4, -0.2) is 29.0 Å². The van der Waals surface area contributed by atoms with Gasteiger partial charge in [-0.15, -0.1) is 0 Å². The van der Waals surface area contributed by atoms with Gasteiger partial charge in [0.2, 0.25) is 5.91 Å². The Bertz CT molecular complexity index is 922. The second-order valence-corrected chi connectivity index (χ2v) is 8.43. The van der Waals surface area contributed by atoms with Crippen LogP contribution in [0.15, 0.2) is 24.3 Å². The molecule has 1 aromatic carbocycles. The second-order valence-electron chi connectivity index (χ2n) is 8.02. The van der Waals surface area contributed by atoms with Crippen LogP contribution in [0.4, 0.5) is 5.82 Å². The zero-order valence-electron chi connectivity index (χ0n) is 17.5. The summed E-state index contributed by atoms with van der Waals surface area (Å²) in [6.45, 7) is 4.82. The predicted molar refractivity (Wildman–Crippen MR) is 117 cm³/mol. The third-order valence-electron chi connectivity index (χ3n) is 5.88. The quantitative estimate of drug-likeness (QED) is 0.708. The topological polar surface area (TPSA) is 61.1 Å². The fourth-order valence-corrected chi connectivity index (χ4v) is 4.47. The Morgan fingerprint density at radius 1 is 1.28 bits per heavy atom. The average molecular weight is 413 g/mol. The standard InChI is InChI=1S/C23H29ClN4O/c1-16-17(2)28(19-10-5-4-6-11-19)23(20(16)13-25)26-22(29)15-27(3)14-18-9-7-8-12-21(18)24/h7-9,12,19H,4-6,10-11,14-15H2,1-3H3,(H,26,29). The summed E-state index contributed by atoms with van der Waals surface area (Å²) in [5, 5.41) is 13.5. The van der Waals surface area contributed by atoms with Gasteiger partial charge in [0.25, 0.3) is 0 Å². The van der Waals surface area contributed by atoms with E-state index in [2.05, 4.69) is 16.0 Å². The van der Waals surface area contributed by atoms with E-state index in [1.165, 1.54) is 19.3 Å². The summed E-state index contributed by atoms with van der Waals surface area (Å²) in [5.74, 6) is 0.538. The van der Waals surface area contributed by atoms with E-state index in [9.17, 15) is 10.1 Å². The van der Waals surface area contributed by atoms with E-state index in [-0.39, 0.29) is 12.5 Å². The van der Waals surface area contributed by atoms with Crippen molar-refractivity contribution in [3.8, 4) is 6.07 Å². The lowest BCUT2D eigenvalue weighted by molar-refractivity contribution is -0.117. The zero-order chi connectivity index (χ0) is 21.0. The molecule has 0 radical (unpaired) electrons. The van der Waals surface area contributed by atoms with Gasteiger partial charge in [0, 0.05) is 23.3 Å². The number of nitrogens with zero attached hydrogens (tertiary/aromatic N) is 3. The number of rotatable bonds is 6. The molecule has 0 bridgehead atoms. The van der Waals surface area contributed by atoms with Crippen molar-refractivity contribution in [2.24, 2.45) is 0 Å². The first kappa shape index (κ1) is 21.4. The number of halogens is 1. The maximum Gasteiger partial charge on any atom is 0.239 e. The van der Waals surface area contributed by atoms with Gasteiger partial charge in [0.05, 0.1) is 12.1 Å². The number of carbonyl (C=O) groups excluding carboxylic acids is 1. The van der Waals surface area contributed by atoms with Crippen molar-refractivity contribution >= 4 is 23.3 Å². The molecule has 2 aromatic rings. The third kappa shape index (κ3) is 4.83. The number of anilines is 1. The maximum absolute atomic E-state index is 12.8. The van der Waals surface area contributed by atoms with Crippen molar-refractivity contribution in [3.05, 3.63) is 51.7 Å². The molecule has 0 unspecified atom stereocenters. The summed E-state index contributed by atoms with van der Waals surface area (Å²) in [6, 6.07) is 10.3. The van der Waals surface area contributed by atoms with Crippen LogP contribution >= 0.6 is 11.6 Å². The molecule has 29 heavy (non-hydrogen) atoms. The highest BCUT2D eigenvalue weighted by molar-refractivity contribution is 6.31. The molecule has 3 rings (SSSR count). The van der Waals surface area contributed by atoms with E-state index in [1.54, 1.807) is 0 Å². The largest absolute Gasteiger partial charge is 0.327 e. The van der Waals surface area contributed by atoms with E-state index in [0.717, 1.165) is 29.7 Å². The molecule has 0 spiro atoms. The van der Waals surface area contributed by atoms with Gasteiger partial charge in [-0.05, 0) is 50.9 Å². The third-order valence-corrected chi connectivity index (χ3v) is 6.25. The highest BCUT2D eigenvalue weighted by Crippen LogP contribution is 2.36. The SMILES string of the molecule is Cc1c(C#N)c(NC(=O)CN(C)Cc2ccccc2Cl)n(C2CCCCC2)c1C. The molecule has 0 aliphatic heterocycles. The number of hydrogen-bond acceptors (Lipinski definition) is 3. The molecule has 1 aliphatic carbocycles. The van der Waals surface area contributed by atoms with Crippen molar-refractivity contribution < 1.29 is 4.79 Å².